The zero-order valence-corrected chi connectivity index (χ0v) is 13.1. The molecule has 1 aliphatic heterocycles. The molecule has 1 aromatic heterocycles. The summed E-state index contributed by atoms with van der Waals surface area (Å²) in [6, 6.07) is 2.29. The summed E-state index contributed by atoms with van der Waals surface area (Å²) in [4.78, 5) is 3.31. The molecule has 118 valence electrons. The van der Waals surface area contributed by atoms with E-state index in [1.165, 1.54) is 12.8 Å². The first-order valence-corrected chi connectivity index (χ1v) is 9.00. The quantitative estimate of drug-likeness (QED) is 0.704. The van der Waals surface area contributed by atoms with E-state index in [0.717, 1.165) is 18.5 Å². The zero-order valence-electron chi connectivity index (χ0n) is 12.3. The van der Waals surface area contributed by atoms with Crippen LogP contribution >= 0.6 is 0 Å². The fourth-order valence-corrected chi connectivity index (χ4v) is 3.70. The summed E-state index contributed by atoms with van der Waals surface area (Å²) >= 11 is 0. The minimum Gasteiger partial charge on any atom is -0.374 e. The molecule has 2 heterocycles. The maximum atomic E-state index is 12.3. The minimum absolute atomic E-state index is 0.289. The highest BCUT2D eigenvalue weighted by Crippen LogP contribution is 2.25. The summed E-state index contributed by atoms with van der Waals surface area (Å²) < 4.78 is 32.8. The van der Waals surface area contributed by atoms with Crippen LogP contribution in [0.25, 0.3) is 0 Å². The van der Waals surface area contributed by atoms with Crippen molar-refractivity contribution in [2.45, 2.75) is 55.7 Å². The van der Waals surface area contributed by atoms with Crippen LogP contribution in [0.4, 0.5) is 0 Å². The summed E-state index contributed by atoms with van der Waals surface area (Å²) in [6.07, 6.45) is 5.85. The van der Waals surface area contributed by atoms with Crippen LogP contribution in [-0.2, 0) is 21.3 Å². The number of sulfonamides is 1. The second-order valence-electron chi connectivity index (χ2n) is 6.24. The molecule has 0 radical (unpaired) electrons. The Morgan fingerprint density at radius 3 is 2.95 bits per heavy atom. The number of aromatic nitrogens is 1. The van der Waals surface area contributed by atoms with Gasteiger partial charge in [0.2, 0.25) is 10.0 Å². The van der Waals surface area contributed by atoms with Crippen LogP contribution in [0.1, 0.15) is 38.3 Å². The Hall–Kier alpha value is -0.890. The molecule has 0 aromatic carbocycles. The van der Waals surface area contributed by atoms with Gasteiger partial charge in [0.15, 0.2) is 0 Å². The Balaban J connectivity index is 1.58. The van der Waals surface area contributed by atoms with Crippen LogP contribution < -0.4 is 10.0 Å². The molecular formula is C14H23N3O3S. The standard InChI is InChI=1S/C14H23N3O3S/c1-14(5-2-6-20-14)10-17-21(18,19)13-7-12(16-9-13)8-15-11-3-4-11/h7,9,11,15-17H,2-6,8,10H2,1H3. The smallest absolute Gasteiger partial charge is 0.242 e. The lowest BCUT2D eigenvalue weighted by atomic mass is 10.0. The fourth-order valence-electron chi connectivity index (χ4n) is 2.53. The third-order valence-electron chi connectivity index (χ3n) is 4.12. The van der Waals surface area contributed by atoms with Crippen molar-refractivity contribution in [3.8, 4) is 0 Å². The van der Waals surface area contributed by atoms with Crippen molar-refractivity contribution in [2.75, 3.05) is 13.2 Å². The number of hydrogen-bond donors (Lipinski definition) is 3. The van der Waals surface area contributed by atoms with Crippen LogP contribution in [0, 0.1) is 0 Å². The third-order valence-corrected chi connectivity index (χ3v) is 5.50. The largest absolute Gasteiger partial charge is 0.374 e. The second kappa shape index (κ2) is 5.72. The molecule has 1 aliphatic carbocycles. The molecule has 6 nitrogen and oxygen atoms in total. The predicted molar refractivity (Wildman–Crippen MR) is 79.4 cm³/mol. The maximum absolute atomic E-state index is 12.3. The molecule has 21 heavy (non-hydrogen) atoms. The van der Waals surface area contributed by atoms with Gasteiger partial charge in [0.25, 0.3) is 0 Å². The number of nitrogens with one attached hydrogen (secondary N) is 3. The zero-order chi connectivity index (χ0) is 14.9. The van der Waals surface area contributed by atoms with Crippen LogP contribution in [0.5, 0.6) is 0 Å². The van der Waals surface area contributed by atoms with Crippen molar-refractivity contribution in [1.29, 1.82) is 0 Å². The Labute approximate surface area is 125 Å². The van der Waals surface area contributed by atoms with Gasteiger partial charge in [-0.1, -0.05) is 0 Å². The monoisotopic (exact) mass is 313 g/mol. The summed E-state index contributed by atoms with van der Waals surface area (Å²) in [6.45, 7) is 3.65. The molecule has 1 aromatic rings. The molecule has 0 spiro atoms. The number of ether oxygens (including phenoxy) is 1. The SMILES string of the molecule is CC1(CNS(=O)(=O)c2c[nH]c(CNC3CC3)c2)CCCO1. The maximum Gasteiger partial charge on any atom is 0.242 e. The third kappa shape index (κ3) is 3.85. The minimum atomic E-state index is -3.48. The lowest BCUT2D eigenvalue weighted by molar-refractivity contribution is 0.0250. The van der Waals surface area contributed by atoms with Gasteiger partial charge in [-0.05, 0) is 38.7 Å². The Kier molecular flexibility index (Phi) is 4.09. The molecule has 1 saturated heterocycles. The molecule has 0 amide bonds. The lowest BCUT2D eigenvalue weighted by Gasteiger charge is -2.23. The van der Waals surface area contributed by atoms with Gasteiger partial charge in [-0.2, -0.15) is 0 Å². The Bertz CT molecular complexity index is 586. The Morgan fingerprint density at radius 2 is 2.29 bits per heavy atom. The van der Waals surface area contributed by atoms with Crippen LogP contribution in [-0.4, -0.2) is 38.2 Å². The van der Waals surface area contributed by atoms with E-state index in [1.807, 2.05) is 6.92 Å². The fraction of sp³-hybridized carbons (Fsp3) is 0.714. The molecule has 2 fully saturated rings. The van der Waals surface area contributed by atoms with E-state index in [1.54, 1.807) is 12.3 Å². The molecular weight excluding hydrogens is 290 g/mol. The Morgan fingerprint density at radius 1 is 1.48 bits per heavy atom. The van der Waals surface area contributed by atoms with E-state index in [-0.39, 0.29) is 10.5 Å². The van der Waals surface area contributed by atoms with Gasteiger partial charge in [-0.25, -0.2) is 13.1 Å². The van der Waals surface area contributed by atoms with E-state index < -0.39 is 10.0 Å². The summed E-state index contributed by atoms with van der Waals surface area (Å²) in [5.74, 6) is 0. The second-order valence-corrected chi connectivity index (χ2v) is 8.01. The van der Waals surface area contributed by atoms with Crippen molar-refractivity contribution < 1.29 is 13.2 Å². The molecule has 0 bridgehead atoms. The first-order chi connectivity index (χ1) is 9.97. The first-order valence-electron chi connectivity index (χ1n) is 7.51. The van der Waals surface area contributed by atoms with Crippen LogP contribution in [0.3, 0.4) is 0 Å². The van der Waals surface area contributed by atoms with Gasteiger partial charge in [0.1, 0.15) is 0 Å². The highest BCUT2D eigenvalue weighted by molar-refractivity contribution is 7.89. The molecule has 3 rings (SSSR count). The van der Waals surface area contributed by atoms with Crippen molar-refractivity contribution in [2.24, 2.45) is 0 Å². The van der Waals surface area contributed by atoms with E-state index in [0.29, 0.717) is 25.7 Å². The highest BCUT2D eigenvalue weighted by Gasteiger charge is 2.31. The summed E-state index contributed by atoms with van der Waals surface area (Å²) in [7, 11) is -3.48. The molecule has 1 saturated carbocycles. The molecule has 2 aliphatic rings. The molecule has 1 atom stereocenters. The van der Waals surface area contributed by atoms with Gasteiger partial charge in [0, 0.05) is 37.6 Å². The summed E-state index contributed by atoms with van der Waals surface area (Å²) in [5, 5.41) is 3.35. The lowest BCUT2D eigenvalue weighted by Crippen LogP contribution is -2.39. The molecule has 3 N–H and O–H groups in total. The number of rotatable bonds is 7. The topological polar surface area (TPSA) is 83.2 Å². The normalized spacial score (nSPS) is 26.3. The van der Waals surface area contributed by atoms with Crippen LogP contribution in [0.15, 0.2) is 17.2 Å². The first kappa shape index (κ1) is 15.0. The summed E-state index contributed by atoms with van der Waals surface area (Å²) in [5.41, 5.74) is 0.519. The highest BCUT2D eigenvalue weighted by atomic mass is 32.2. The van der Waals surface area contributed by atoms with E-state index >= 15 is 0 Å². The molecule has 1 unspecified atom stereocenters. The number of H-pyrrole nitrogens is 1. The molecule has 7 heteroatoms. The van der Waals surface area contributed by atoms with Crippen molar-refractivity contribution in [3.63, 3.8) is 0 Å². The van der Waals surface area contributed by atoms with Gasteiger partial charge < -0.3 is 15.0 Å². The van der Waals surface area contributed by atoms with Crippen molar-refractivity contribution in [3.05, 3.63) is 18.0 Å². The van der Waals surface area contributed by atoms with Gasteiger partial charge in [-0.3, -0.25) is 0 Å². The van der Waals surface area contributed by atoms with Crippen LogP contribution in [0.2, 0.25) is 0 Å². The van der Waals surface area contributed by atoms with Gasteiger partial charge in [-0.15, -0.1) is 0 Å². The van der Waals surface area contributed by atoms with E-state index in [4.69, 9.17) is 4.74 Å². The average molecular weight is 313 g/mol. The van der Waals surface area contributed by atoms with Crippen molar-refractivity contribution >= 4 is 10.0 Å². The average Bonchev–Trinajstić information content (AvgIpc) is 2.97. The van der Waals surface area contributed by atoms with E-state index in [9.17, 15) is 8.42 Å². The number of hydrogen-bond acceptors (Lipinski definition) is 4. The van der Waals surface area contributed by atoms with Gasteiger partial charge in [0.05, 0.1) is 10.5 Å². The number of aromatic amines is 1. The van der Waals surface area contributed by atoms with E-state index in [2.05, 4.69) is 15.0 Å². The van der Waals surface area contributed by atoms with Gasteiger partial charge >= 0.3 is 0 Å². The predicted octanol–water partition coefficient (Wildman–Crippen LogP) is 1.11. The van der Waals surface area contributed by atoms with Crippen molar-refractivity contribution in [1.82, 2.24) is 15.0 Å².